The first-order chi connectivity index (χ1) is 12.6. The Hall–Kier alpha value is -1.83. The third kappa shape index (κ3) is 5.10. The van der Waals surface area contributed by atoms with E-state index in [1.807, 2.05) is 6.07 Å². The Labute approximate surface area is 155 Å². The minimum atomic E-state index is -1.39. The van der Waals surface area contributed by atoms with Gasteiger partial charge >= 0.3 is 7.12 Å². The number of carbonyl (C=O) groups is 1. The molecule has 1 aromatic carbocycles. The van der Waals surface area contributed by atoms with Gasteiger partial charge in [-0.1, -0.05) is 24.3 Å². The lowest BCUT2D eigenvalue weighted by molar-refractivity contribution is -0.131. The molecule has 7 heteroatoms. The average Bonchev–Trinajstić information content (AvgIpc) is 2.69. The summed E-state index contributed by atoms with van der Waals surface area (Å²) >= 11 is 0. The Bertz CT molecular complexity index is 616. The van der Waals surface area contributed by atoms with E-state index >= 15 is 0 Å². The van der Waals surface area contributed by atoms with E-state index in [1.54, 1.807) is 11.0 Å². The highest BCUT2D eigenvalue weighted by Crippen LogP contribution is 2.16. The van der Waals surface area contributed by atoms with Crippen molar-refractivity contribution in [2.75, 3.05) is 50.7 Å². The molecule has 1 aromatic rings. The molecule has 26 heavy (non-hydrogen) atoms. The summed E-state index contributed by atoms with van der Waals surface area (Å²) in [6.45, 7) is 6.15. The molecule has 2 aliphatic rings. The highest BCUT2D eigenvalue weighted by molar-refractivity contribution is 6.50. The smallest absolute Gasteiger partial charge is 0.423 e. The van der Waals surface area contributed by atoms with E-state index in [4.69, 9.17) is 10.0 Å². The van der Waals surface area contributed by atoms with E-state index in [-0.39, 0.29) is 5.91 Å². The first kappa shape index (κ1) is 19.0. The molecule has 6 nitrogen and oxygen atoms in total. The van der Waals surface area contributed by atoms with Crippen LogP contribution in [0.1, 0.15) is 19.3 Å². The van der Waals surface area contributed by atoms with Crippen molar-refractivity contribution in [2.24, 2.45) is 0 Å². The molecule has 0 atom stereocenters. The van der Waals surface area contributed by atoms with Crippen molar-refractivity contribution < 1.29 is 14.8 Å². The number of anilines is 1. The Kier molecular flexibility index (Phi) is 6.71. The fourth-order valence-electron chi connectivity index (χ4n) is 3.63. The van der Waals surface area contributed by atoms with Crippen molar-refractivity contribution in [3.05, 3.63) is 41.9 Å². The Morgan fingerprint density at radius 1 is 1.04 bits per heavy atom. The van der Waals surface area contributed by atoms with Crippen LogP contribution in [-0.4, -0.2) is 78.7 Å². The van der Waals surface area contributed by atoms with E-state index in [2.05, 4.69) is 34.1 Å². The molecule has 0 bridgehead atoms. The zero-order chi connectivity index (χ0) is 18.4. The number of nitrogens with zero attached hydrogens (tertiary/aromatic N) is 3. The zero-order valence-corrected chi connectivity index (χ0v) is 15.3. The standard InChI is InChI=1S/C19H28BN3O3/c24-19(23-11-8-17(9-12-23)20(25)26)7-4-10-21-13-15-22(16-14-21)18-5-2-1-3-6-18/h1-3,5-6,8,25-26H,4,7,9-16H2. The second-order valence-corrected chi connectivity index (χ2v) is 7.01. The van der Waals surface area contributed by atoms with E-state index in [9.17, 15) is 4.79 Å². The topological polar surface area (TPSA) is 67.3 Å². The summed E-state index contributed by atoms with van der Waals surface area (Å²) in [6.07, 6.45) is 3.74. The fourth-order valence-corrected chi connectivity index (χ4v) is 3.63. The molecule has 140 valence electrons. The van der Waals surface area contributed by atoms with Gasteiger partial charge in [-0.25, -0.2) is 0 Å². The quantitative estimate of drug-likeness (QED) is 0.736. The molecule has 2 aliphatic heterocycles. The highest BCUT2D eigenvalue weighted by Gasteiger charge is 2.23. The number of hydrogen-bond acceptors (Lipinski definition) is 5. The molecule has 0 aromatic heterocycles. The van der Waals surface area contributed by atoms with Gasteiger partial charge in [0.2, 0.25) is 5.91 Å². The van der Waals surface area contributed by atoms with Crippen LogP contribution in [0.25, 0.3) is 0 Å². The number of hydrogen-bond donors (Lipinski definition) is 2. The fraction of sp³-hybridized carbons (Fsp3) is 0.526. The molecule has 3 rings (SSSR count). The second kappa shape index (κ2) is 9.21. The van der Waals surface area contributed by atoms with Crippen LogP contribution in [0.5, 0.6) is 0 Å². The summed E-state index contributed by atoms with van der Waals surface area (Å²) in [7, 11) is -1.39. The van der Waals surface area contributed by atoms with Gasteiger partial charge in [0.15, 0.2) is 0 Å². The second-order valence-electron chi connectivity index (χ2n) is 7.01. The van der Waals surface area contributed by atoms with E-state index in [0.717, 1.165) is 39.1 Å². The van der Waals surface area contributed by atoms with E-state index in [1.165, 1.54) is 5.69 Å². The van der Waals surface area contributed by atoms with Crippen LogP contribution in [-0.2, 0) is 4.79 Å². The Balaban J connectivity index is 1.34. The highest BCUT2D eigenvalue weighted by atomic mass is 16.4. The number of para-hydroxylation sites is 1. The number of benzene rings is 1. The van der Waals surface area contributed by atoms with Gasteiger partial charge in [-0.3, -0.25) is 9.69 Å². The average molecular weight is 357 g/mol. The molecule has 0 unspecified atom stereocenters. The van der Waals surface area contributed by atoms with Crippen molar-refractivity contribution >= 4 is 18.7 Å². The molecule has 0 aliphatic carbocycles. The predicted octanol–water partition coefficient (Wildman–Crippen LogP) is 0.760. The Morgan fingerprint density at radius 2 is 1.77 bits per heavy atom. The van der Waals surface area contributed by atoms with Gasteiger partial charge in [0.1, 0.15) is 0 Å². The van der Waals surface area contributed by atoms with Crippen LogP contribution in [0.15, 0.2) is 41.9 Å². The van der Waals surface area contributed by atoms with Gasteiger partial charge in [0.05, 0.1) is 0 Å². The predicted molar refractivity (Wildman–Crippen MR) is 104 cm³/mol. The maximum atomic E-state index is 12.3. The molecule has 0 spiro atoms. The third-order valence-corrected chi connectivity index (χ3v) is 5.29. The summed E-state index contributed by atoms with van der Waals surface area (Å²) in [5, 5.41) is 18.3. The lowest BCUT2D eigenvalue weighted by Gasteiger charge is -2.36. The first-order valence-electron chi connectivity index (χ1n) is 9.48. The lowest BCUT2D eigenvalue weighted by Crippen LogP contribution is -2.46. The van der Waals surface area contributed by atoms with Crippen molar-refractivity contribution in [1.29, 1.82) is 0 Å². The van der Waals surface area contributed by atoms with Crippen LogP contribution in [0.4, 0.5) is 5.69 Å². The van der Waals surface area contributed by atoms with E-state index in [0.29, 0.717) is 31.4 Å². The number of rotatable bonds is 6. The molecule has 1 fully saturated rings. The molecule has 0 saturated carbocycles. The summed E-state index contributed by atoms with van der Waals surface area (Å²) in [5.41, 5.74) is 1.90. The lowest BCUT2D eigenvalue weighted by atomic mass is 9.76. The van der Waals surface area contributed by atoms with Crippen LogP contribution >= 0.6 is 0 Å². The molecule has 2 N–H and O–H groups in total. The van der Waals surface area contributed by atoms with E-state index < -0.39 is 7.12 Å². The van der Waals surface area contributed by atoms with Gasteiger partial charge in [-0.05, 0) is 37.0 Å². The van der Waals surface area contributed by atoms with Gasteiger partial charge in [-0.2, -0.15) is 0 Å². The van der Waals surface area contributed by atoms with Gasteiger partial charge in [0, 0.05) is 51.4 Å². The maximum Gasteiger partial charge on any atom is 0.483 e. The number of piperazine rings is 1. The van der Waals surface area contributed by atoms with Crippen LogP contribution in [0, 0.1) is 0 Å². The normalized spacial score (nSPS) is 18.6. The number of amides is 1. The summed E-state index contributed by atoms with van der Waals surface area (Å²) < 4.78 is 0. The van der Waals surface area contributed by atoms with Gasteiger partial charge < -0.3 is 19.8 Å². The molecular weight excluding hydrogens is 329 g/mol. The summed E-state index contributed by atoms with van der Waals surface area (Å²) in [4.78, 5) is 18.9. The monoisotopic (exact) mass is 357 g/mol. The molecule has 1 saturated heterocycles. The summed E-state index contributed by atoms with van der Waals surface area (Å²) in [6, 6.07) is 10.5. The molecule has 2 heterocycles. The zero-order valence-electron chi connectivity index (χ0n) is 15.3. The van der Waals surface area contributed by atoms with Crippen LogP contribution in [0.3, 0.4) is 0 Å². The van der Waals surface area contributed by atoms with Crippen LogP contribution in [0.2, 0.25) is 0 Å². The van der Waals surface area contributed by atoms with Crippen molar-refractivity contribution in [2.45, 2.75) is 19.3 Å². The SMILES string of the molecule is O=C(CCCN1CCN(c2ccccc2)CC1)N1CC=C(B(O)O)CC1. The van der Waals surface area contributed by atoms with Crippen molar-refractivity contribution in [1.82, 2.24) is 9.80 Å². The van der Waals surface area contributed by atoms with Gasteiger partial charge in [-0.15, -0.1) is 0 Å². The minimum absolute atomic E-state index is 0.163. The molecular formula is C19H28BN3O3. The minimum Gasteiger partial charge on any atom is -0.423 e. The maximum absolute atomic E-state index is 12.3. The third-order valence-electron chi connectivity index (χ3n) is 5.29. The number of carbonyl (C=O) groups excluding carboxylic acids is 1. The summed E-state index contributed by atoms with van der Waals surface area (Å²) in [5.74, 6) is 0.163. The van der Waals surface area contributed by atoms with Gasteiger partial charge in [0.25, 0.3) is 0 Å². The Morgan fingerprint density at radius 3 is 2.38 bits per heavy atom. The van der Waals surface area contributed by atoms with Crippen molar-refractivity contribution in [3.8, 4) is 0 Å². The van der Waals surface area contributed by atoms with Crippen molar-refractivity contribution in [3.63, 3.8) is 0 Å². The largest absolute Gasteiger partial charge is 0.483 e. The van der Waals surface area contributed by atoms with Crippen LogP contribution < -0.4 is 4.90 Å². The molecule has 1 amide bonds. The molecule has 0 radical (unpaired) electrons. The first-order valence-corrected chi connectivity index (χ1v) is 9.48.